The van der Waals surface area contributed by atoms with Gasteiger partial charge in [0.25, 0.3) is 0 Å². The molecule has 0 bridgehead atoms. The van der Waals surface area contributed by atoms with E-state index in [9.17, 15) is 0 Å². The summed E-state index contributed by atoms with van der Waals surface area (Å²) < 4.78 is 5.59. The van der Waals surface area contributed by atoms with Gasteiger partial charge in [0.1, 0.15) is 0 Å². The maximum Gasteiger partial charge on any atom is 0.167 e. The molecule has 3 aromatic rings. The number of aromatic nitrogens is 1. The fraction of sp³-hybridized carbons (Fsp3) is 0.350. The molecule has 1 saturated heterocycles. The first-order chi connectivity index (χ1) is 11.7. The molecule has 0 aliphatic carbocycles. The summed E-state index contributed by atoms with van der Waals surface area (Å²) in [5, 5.41) is 6.72. The van der Waals surface area contributed by atoms with Gasteiger partial charge in [-0.15, -0.1) is 0 Å². The topological polar surface area (TPSA) is 55.3 Å². The van der Waals surface area contributed by atoms with Crippen molar-refractivity contribution in [1.82, 2.24) is 10.1 Å². The van der Waals surface area contributed by atoms with E-state index >= 15 is 0 Å². The Bertz CT molecular complexity index is 842. The number of benzene rings is 2. The first-order valence-electron chi connectivity index (χ1n) is 8.60. The highest BCUT2D eigenvalue weighted by Gasteiger charge is 2.28. The number of likely N-dealkylation sites (tertiary alicyclic amines) is 1. The molecule has 1 aliphatic rings. The van der Waals surface area contributed by atoms with E-state index in [4.69, 9.17) is 10.3 Å². The summed E-state index contributed by atoms with van der Waals surface area (Å²) in [7, 11) is 0. The van der Waals surface area contributed by atoms with Gasteiger partial charge in [0, 0.05) is 31.3 Å². The van der Waals surface area contributed by atoms with E-state index in [1.54, 1.807) is 0 Å². The van der Waals surface area contributed by atoms with Crippen LogP contribution >= 0.6 is 0 Å². The van der Waals surface area contributed by atoms with Crippen LogP contribution in [-0.4, -0.2) is 29.7 Å². The number of nitrogens with zero attached hydrogens (tertiary/aromatic N) is 2. The molecule has 4 rings (SSSR count). The Morgan fingerprint density at radius 3 is 2.75 bits per heavy atom. The average Bonchev–Trinajstić information content (AvgIpc) is 3.21. The van der Waals surface area contributed by atoms with Crippen molar-refractivity contribution in [3.05, 3.63) is 54.2 Å². The predicted molar refractivity (Wildman–Crippen MR) is 96.4 cm³/mol. The van der Waals surface area contributed by atoms with Gasteiger partial charge in [0.05, 0.1) is 5.69 Å². The molecular weight excluding hydrogens is 298 g/mol. The van der Waals surface area contributed by atoms with Gasteiger partial charge < -0.3 is 10.3 Å². The highest BCUT2D eigenvalue weighted by molar-refractivity contribution is 5.86. The van der Waals surface area contributed by atoms with Crippen molar-refractivity contribution in [3.8, 4) is 11.3 Å². The minimum atomic E-state index is 0.594. The second-order valence-corrected chi connectivity index (χ2v) is 6.91. The molecule has 124 valence electrons. The third-order valence-electron chi connectivity index (χ3n) is 5.12. The van der Waals surface area contributed by atoms with E-state index < -0.39 is 0 Å². The molecule has 2 heterocycles. The summed E-state index contributed by atoms with van der Waals surface area (Å²) in [5.74, 6) is 2.08. The fourth-order valence-electron chi connectivity index (χ4n) is 3.67. The lowest BCUT2D eigenvalue weighted by molar-refractivity contribution is 0.301. The number of nitrogens with two attached hydrogens (primary N) is 1. The largest absolute Gasteiger partial charge is 0.356 e. The predicted octanol–water partition coefficient (Wildman–Crippen LogP) is 3.52. The van der Waals surface area contributed by atoms with E-state index in [-0.39, 0.29) is 0 Å². The third kappa shape index (κ3) is 2.95. The summed E-state index contributed by atoms with van der Waals surface area (Å²) >= 11 is 0. The minimum absolute atomic E-state index is 0.594. The van der Waals surface area contributed by atoms with Crippen LogP contribution in [0.1, 0.15) is 12.6 Å². The fourth-order valence-corrected chi connectivity index (χ4v) is 3.67. The van der Waals surface area contributed by atoms with Crippen molar-refractivity contribution < 1.29 is 4.52 Å². The van der Waals surface area contributed by atoms with Gasteiger partial charge in [0.15, 0.2) is 5.76 Å². The van der Waals surface area contributed by atoms with Crippen molar-refractivity contribution in [2.24, 2.45) is 17.6 Å². The van der Waals surface area contributed by atoms with Gasteiger partial charge in [-0.2, -0.15) is 0 Å². The zero-order chi connectivity index (χ0) is 16.5. The molecule has 1 aliphatic heterocycles. The number of hydrogen-bond acceptors (Lipinski definition) is 4. The molecule has 4 heteroatoms. The van der Waals surface area contributed by atoms with Crippen LogP contribution < -0.4 is 5.73 Å². The van der Waals surface area contributed by atoms with Gasteiger partial charge in [-0.05, 0) is 35.2 Å². The zero-order valence-corrected chi connectivity index (χ0v) is 14.0. The summed E-state index contributed by atoms with van der Waals surface area (Å²) in [4.78, 5) is 2.42. The molecular formula is C20H23N3O. The summed E-state index contributed by atoms with van der Waals surface area (Å²) in [5.41, 5.74) is 7.90. The maximum absolute atomic E-state index is 5.84. The van der Waals surface area contributed by atoms with Crippen LogP contribution in [0.2, 0.25) is 0 Å². The average molecular weight is 321 g/mol. The lowest BCUT2D eigenvalue weighted by Gasteiger charge is -2.12. The van der Waals surface area contributed by atoms with Crippen molar-refractivity contribution >= 4 is 10.8 Å². The second-order valence-electron chi connectivity index (χ2n) is 6.91. The first kappa shape index (κ1) is 15.4. The van der Waals surface area contributed by atoms with Gasteiger partial charge in [-0.1, -0.05) is 48.5 Å². The molecule has 1 fully saturated rings. The maximum atomic E-state index is 5.84. The number of hydrogen-bond donors (Lipinski definition) is 1. The molecule has 24 heavy (non-hydrogen) atoms. The molecule has 0 saturated carbocycles. The first-order valence-corrected chi connectivity index (χ1v) is 8.60. The van der Waals surface area contributed by atoms with Gasteiger partial charge in [0.2, 0.25) is 0 Å². The Morgan fingerprint density at radius 1 is 1.12 bits per heavy atom. The Labute approximate surface area is 142 Å². The Kier molecular flexibility index (Phi) is 4.08. The Balaban J connectivity index is 1.52. The van der Waals surface area contributed by atoms with Gasteiger partial charge >= 0.3 is 0 Å². The van der Waals surface area contributed by atoms with Crippen LogP contribution in [0.4, 0.5) is 0 Å². The van der Waals surface area contributed by atoms with Crippen LogP contribution in [0.3, 0.4) is 0 Å². The molecule has 0 amide bonds. The molecule has 2 N–H and O–H groups in total. The van der Waals surface area contributed by atoms with Crippen LogP contribution in [0.15, 0.2) is 53.1 Å². The molecule has 1 aromatic heterocycles. The van der Waals surface area contributed by atoms with Crippen LogP contribution in [-0.2, 0) is 6.54 Å². The highest BCUT2D eigenvalue weighted by Crippen LogP contribution is 2.27. The molecule has 0 spiro atoms. The zero-order valence-electron chi connectivity index (χ0n) is 14.0. The highest BCUT2D eigenvalue weighted by atomic mass is 16.5. The quantitative estimate of drug-likeness (QED) is 0.799. The van der Waals surface area contributed by atoms with E-state index in [2.05, 4.69) is 65.5 Å². The number of rotatable bonds is 4. The van der Waals surface area contributed by atoms with Gasteiger partial charge in [-0.25, -0.2) is 0 Å². The van der Waals surface area contributed by atoms with Gasteiger partial charge in [-0.3, -0.25) is 4.90 Å². The molecule has 0 radical (unpaired) electrons. The molecule has 2 unspecified atom stereocenters. The van der Waals surface area contributed by atoms with E-state index in [0.717, 1.165) is 43.2 Å². The summed E-state index contributed by atoms with van der Waals surface area (Å²) in [6, 6.07) is 16.8. The molecule has 4 nitrogen and oxygen atoms in total. The number of fused-ring (bicyclic) bond motifs is 1. The van der Waals surface area contributed by atoms with Crippen molar-refractivity contribution in [1.29, 1.82) is 0 Å². The Morgan fingerprint density at radius 2 is 1.96 bits per heavy atom. The monoisotopic (exact) mass is 321 g/mol. The lowest BCUT2D eigenvalue weighted by Crippen LogP contribution is -2.23. The second kappa shape index (κ2) is 6.38. The van der Waals surface area contributed by atoms with Crippen LogP contribution in [0, 0.1) is 11.8 Å². The molecule has 2 atom stereocenters. The Hall–Kier alpha value is -2.17. The SMILES string of the molecule is CC1CN(Cc2cc(-c3ccc4ccccc4c3)on2)CC1CN. The minimum Gasteiger partial charge on any atom is -0.356 e. The molecule has 2 aromatic carbocycles. The van der Waals surface area contributed by atoms with Crippen molar-refractivity contribution in [2.45, 2.75) is 13.5 Å². The summed E-state index contributed by atoms with van der Waals surface area (Å²) in [6.45, 7) is 6.01. The van der Waals surface area contributed by atoms with E-state index in [0.29, 0.717) is 11.8 Å². The van der Waals surface area contributed by atoms with E-state index in [1.807, 2.05) is 0 Å². The summed E-state index contributed by atoms with van der Waals surface area (Å²) in [6.07, 6.45) is 0. The smallest absolute Gasteiger partial charge is 0.167 e. The third-order valence-corrected chi connectivity index (χ3v) is 5.12. The van der Waals surface area contributed by atoms with E-state index in [1.165, 1.54) is 10.8 Å². The van der Waals surface area contributed by atoms with Crippen molar-refractivity contribution in [2.75, 3.05) is 19.6 Å². The lowest BCUT2D eigenvalue weighted by atomic mass is 9.99. The van der Waals surface area contributed by atoms with Crippen molar-refractivity contribution in [3.63, 3.8) is 0 Å². The van der Waals surface area contributed by atoms with Crippen LogP contribution in [0.5, 0.6) is 0 Å². The standard InChI is InChI=1S/C20H23N3O/c1-14-11-23(12-18(14)10-21)13-19-9-20(24-22-19)17-7-6-15-4-2-3-5-16(15)8-17/h2-9,14,18H,10-13,21H2,1H3. The van der Waals surface area contributed by atoms with Crippen LogP contribution in [0.25, 0.3) is 22.1 Å². The normalized spacial score (nSPS) is 21.6.